The zero-order chi connectivity index (χ0) is 18.5. The van der Waals surface area contributed by atoms with Gasteiger partial charge in [-0.3, -0.25) is 4.79 Å². The summed E-state index contributed by atoms with van der Waals surface area (Å²) in [5.41, 5.74) is 6.24. The zero-order valence-electron chi connectivity index (χ0n) is 16.1. The fourth-order valence-electron chi connectivity index (χ4n) is 3.75. The third-order valence-corrected chi connectivity index (χ3v) is 4.91. The molecule has 1 heterocycles. The standard InChI is InChI=1S/C22H26O3/c1-12-8-16-19(18-13(2)10-15(24-7)11-14(18)3)21(23)25-20(16)17(9-12)22(4,5)6/h8-11,19H,1-7H3. The lowest BCUT2D eigenvalue weighted by Gasteiger charge is -2.22. The van der Waals surface area contributed by atoms with Gasteiger partial charge >= 0.3 is 5.97 Å². The Morgan fingerprint density at radius 2 is 1.60 bits per heavy atom. The molecule has 3 nitrogen and oxygen atoms in total. The molecule has 0 spiro atoms. The second kappa shape index (κ2) is 5.91. The third-order valence-electron chi connectivity index (χ3n) is 4.91. The highest BCUT2D eigenvalue weighted by Crippen LogP contribution is 2.47. The molecule has 25 heavy (non-hydrogen) atoms. The molecule has 3 heteroatoms. The first-order valence-corrected chi connectivity index (χ1v) is 8.65. The lowest BCUT2D eigenvalue weighted by atomic mass is 9.80. The molecule has 0 fully saturated rings. The first kappa shape index (κ1) is 17.5. The molecule has 1 unspecified atom stereocenters. The van der Waals surface area contributed by atoms with Crippen LogP contribution in [0.3, 0.4) is 0 Å². The lowest BCUT2D eigenvalue weighted by molar-refractivity contribution is -0.133. The summed E-state index contributed by atoms with van der Waals surface area (Å²) in [7, 11) is 1.66. The van der Waals surface area contributed by atoms with Crippen LogP contribution in [-0.4, -0.2) is 13.1 Å². The highest BCUT2D eigenvalue weighted by molar-refractivity contribution is 5.91. The van der Waals surface area contributed by atoms with Crippen LogP contribution in [0.5, 0.6) is 11.5 Å². The number of methoxy groups -OCH3 is 1. The summed E-state index contributed by atoms with van der Waals surface area (Å²) in [6, 6.07) is 8.17. The van der Waals surface area contributed by atoms with Crippen molar-refractivity contribution in [2.45, 2.75) is 52.9 Å². The van der Waals surface area contributed by atoms with Gasteiger partial charge in [0, 0.05) is 11.1 Å². The zero-order valence-corrected chi connectivity index (χ0v) is 16.1. The van der Waals surface area contributed by atoms with Gasteiger partial charge in [-0.1, -0.05) is 38.5 Å². The van der Waals surface area contributed by atoms with Crippen molar-refractivity contribution >= 4 is 5.97 Å². The average Bonchev–Trinajstić information content (AvgIpc) is 2.81. The van der Waals surface area contributed by atoms with Crippen LogP contribution in [0.1, 0.15) is 60.1 Å². The highest BCUT2D eigenvalue weighted by Gasteiger charge is 2.39. The maximum atomic E-state index is 12.8. The monoisotopic (exact) mass is 338 g/mol. The number of hydrogen-bond donors (Lipinski definition) is 0. The topological polar surface area (TPSA) is 35.5 Å². The van der Waals surface area contributed by atoms with Crippen LogP contribution < -0.4 is 9.47 Å². The summed E-state index contributed by atoms with van der Waals surface area (Å²) in [6.45, 7) is 12.6. The van der Waals surface area contributed by atoms with Crippen molar-refractivity contribution in [3.8, 4) is 11.5 Å². The van der Waals surface area contributed by atoms with E-state index >= 15 is 0 Å². The number of fused-ring (bicyclic) bond motifs is 1. The predicted molar refractivity (Wildman–Crippen MR) is 99.8 cm³/mol. The van der Waals surface area contributed by atoms with Crippen LogP contribution in [-0.2, 0) is 10.2 Å². The van der Waals surface area contributed by atoms with Crippen molar-refractivity contribution in [3.63, 3.8) is 0 Å². The Balaban J connectivity index is 2.24. The molecule has 2 aromatic carbocycles. The molecule has 0 aliphatic carbocycles. The lowest BCUT2D eigenvalue weighted by Crippen LogP contribution is -2.15. The van der Waals surface area contributed by atoms with Gasteiger partial charge in [0.15, 0.2) is 0 Å². The Kier molecular flexibility index (Phi) is 4.14. The molecule has 0 saturated heterocycles. The van der Waals surface area contributed by atoms with E-state index in [0.29, 0.717) is 0 Å². The van der Waals surface area contributed by atoms with Crippen LogP contribution in [0.15, 0.2) is 24.3 Å². The summed E-state index contributed by atoms with van der Waals surface area (Å²) >= 11 is 0. The normalized spacial score (nSPS) is 16.6. The molecule has 0 amide bonds. The number of carbonyl (C=O) groups excluding carboxylic acids is 1. The number of carbonyl (C=O) groups is 1. The second-order valence-electron chi connectivity index (χ2n) is 8.01. The van der Waals surface area contributed by atoms with E-state index in [2.05, 4.69) is 39.8 Å². The van der Waals surface area contributed by atoms with Gasteiger partial charge in [-0.25, -0.2) is 0 Å². The number of rotatable bonds is 2. The SMILES string of the molecule is COc1cc(C)c(C2C(=O)Oc3c2cc(C)cc3C(C)(C)C)c(C)c1. The molecule has 1 aliphatic rings. The summed E-state index contributed by atoms with van der Waals surface area (Å²) in [4.78, 5) is 12.8. The van der Waals surface area contributed by atoms with Crippen molar-refractivity contribution in [1.29, 1.82) is 0 Å². The van der Waals surface area contributed by atoms with Crippen LogP contribution in [0.2, 0.25) is 0 Å². The molecule has 0 N–H and O–H groups in total. The minimum absolute atomic E-state index is 0.0880. The van der Waals surface area contributed by atoms with Crippen LogP contribution >= 0.6 is 0 Å². The van der Waals surface area contributed by atoms with E-state index in [0.717, 1.165) is 44.9 Å². The van der Waals surface area contributed by atoms with E-state index in [1.807, 2.05) is 26.0 Å². The van der Waals surface area contributed by atoms with Gasteiger partial charge in [0.1, 0.15) is 17.4 Å². The molecule has 1 atom stereocenters. The molecule has 1 aliphatic heterocycles. The number of hydrogen-bond acceptors (Lipinski definition) is 3. The largest absolute Gasteiger partial charge is 0.497 e. The maximum Gasteiger partial charge on any atom is 0.323 e. The number of benzene rings is 2. The number of ether oxygens (including phenoxy) is 2. The number of esters is 1. The van der Waals surface area contributed by atoms with Gasteiger partial charge in [-0.15, -0.1) is 0 Å². The fourth-order valence-corrected chi connectivity index (χ4v) is 3.75. The Labute approximate surface area is 150 Å². The minimum Gasteiger partial charge on any atom is -0.497 e. The van der Waals surface area contributed by atoms with E-state index in [1.54, 1.807) is 7.11 Å². The van der Waals surface area contributed by atoms with Gasteiger partial charge in [0.05, 0.1) is 7.11 Å². The minimum atomic E-state index is -0.373. The molecule has 0 aromatic heterocycles. The van der Waals surface area contributed by atoms with Crippen molar-refractivity contribution in [2.75, 3.05) is 7.11 Å². The van der Waals surface area contributed by atoms with E-state index in [1.165, 1.54) is 0 Å². The molecular weight excluding hydrogens is 312 g/mol. The number of aryl methyl sites for hydroxylation is 3. The smallest absolute Gasteiger partial charge is 0.323 e. The van der Waals surface area contributed by atoms with Crippen LogP contribution in [0.25, 0.3) is 0 Å². The van der Waals surface area contributed by atoms with E-state index in [-0.39, 0.29) is 17.3 Å². The quantitative estimate of drug-likeness (QED) is 0.573. The van der Waals surface area contributed by atoms with Gasteiger partial charge in [-0.2, -0.15) is 0 Å². The summed E-state index contributed by atoms with van der Waals surface area (Å²) in [5, 5.41) is 0. The van der Waals surface area contributed by atoms with E-state index in [4.69, 9.17) is 9.47 Å². The van der Waals surface area contributed by atoms with Crippen molar-refractivity contribution in [3.05, 3.63) is 57.6 Å². The predicted octanol–water partition coefficient (Wildman–Crippen LogP) is 4.97. The summed E-state index contributed by atoms with van der Waals surface area (Å²) < 4.78 is 11.1. The van der Waals surface area contributed by atoms with E-state index < -0.39 is 0 Å². The molecule has 0 radical (unpaired) electrons. The summed E-state index contributed by atoms with van der Waals surface area (Å²) in [5.74, 6) is 0.983. The molecule has 0 bridgehead atoms. The molecule has 0 saturated carbocycles. The maximum absolute atomic E-state index is 12.8. The molecular formula is C22H26O3. The van der Waals surface area contributed by atoms with Crippen LogP contribution in [0.4, 0.5) is 0 Å². The third kappa shape index (κ3) is 2.92. The van der Waals surface area contributed by atoms with Crippen LogP contribution in [0, 0.1) is 20.8 Å². The Morgan fingerprint density at radius 1 is 1.00 bits per heavy atom. The fraction of sp³-hybridized carbons (Fsp3) is 0.409. The first-order chi connectivity index (χ1) is 11.6. The molecule has 132 valence electrons. The first-order valence-electron chi connectivity index (χ1n) is 8.65. The molecule has 3 rings (SSSR count). The molecule has 2 aromatic rings. The average molecular weight is 338 g/mol. The Hall–Kier alpha value is -2.29. The van der Waals surface area contributed by atoms with Gasteiger partial charge in [0.2, 0.25) is 0 Å². The van der Waals surface area contributed by atoms with Crippen molar-refractivity contribution in [2.24, 2.45) is 0 Å². The van der Waals surface area contributed by atoms with Gasteiger partial charge in [-0.05, 0) is 55.0 Å². The summed E-state index contributed by atoms with van der Waals surface area (Å²) in [6.07, 6.45) is 0. The Bertz CT molecular complexity index is 833. The second-order valence-corrected chi connectivity index (χ2v) is 8.01. The highest BCUT2D eigenvalue weighted by atomic mass is 16.5. The van der Waals surface area contributed by atoms with Crippen molar-refractivity contribution < 1.29 is 14.3 Å². The van der Waals surface area contributed by atoms with Gasteiger partial charge < -0.3 is 9.47 Å². The Morgan fingerprint density at radius 3 is 2.12 bits per heavy atom. The van der Waals surface area contributed by atoms with E-state index in [9.17, 15) is 4.79 Å². The van der Waals surface area contributed by atoms with Crippen molar-refractivity contribution in [1.82, 2.24) is 0 Å². The van der Waals surface area contributed by atoms with Gasteiger partial charge in [0.25, 0.3) is 0 Å².